The summed E-state index contributed by atoms with van der Waals surface area (Å²) in [6.07, 6.45) is -0.672. The molecule has 3 atom stereocenters. The number of aliphatic carboxylic acids is 1. The standard InChI is InChI=1S/C15H15NO8/c1-23-15(20)12-7-10(6-11(12)13(17)18)24-14(19)8-2-4-9(5-3-8)16(21)22/h2-5,10-12H,6-7H2,1H3,(H,17,18)/t10-,11-,12-/m1/s1. The maximum atomic E-state index is 12.0. The lowest BCUT2D eigenvalue weighted by Crippen LogP contribution is -2.26. The maximum absolute atomic E-state index is 12.0. The van der Waals surface area contributed by atoms with Gasteiger partial charge in [0.2, 0.25) is 0 Å². The van der Waals surface area contributed by atoms with E-state index in [1.54, 1.807) is 0 Å². The van der Waals surface area contributed by atoms with Crippen molar-refractivity contribution in [3.05, 3.63) is 39.9 Å². The van der Waals surface area contributed by atoms with Crippen LogP contribution in [0.2, 0.25) is 0 Å². The number of carbonyl (C=O) groups excluding carboxylic acids is 2. The molecule has 0 bridgehead atoms. The van der Waals surface area contributed by atoms with Gasteiger partial charge in [-0.25, -0.2) is 4.79 Å². The minimum Gasteiger partial charge on any atom is -0.481 e. The predicted octanol–water partition coefficient (Wildman–Crippen LogP) is 1.40. The number of nitro groups is 1. The maximum Gasteiger partial charge on any atom is 0.338 e. The van der Waals surface area contributed by atoms with Gasteiger partial charge in [-0.1, -0.05) is 0 Å². The van der Waals surface area contributed by atoms with Gasteiger partial charge >= 0.3 is 17.9 Å². The summed E-state index contributed by atoms with van der Waals surface area (Å²) in [5.41, 5.74) is -0.0573. The molecule has 0 radical (unpaired) electrons. The Hall–Kier alpha value is -2.97. The Morgan fingerprint density at radius 3 is 2.25 bits per heavy atom. The van der Waals surface area contributed by atoms with Gasteiger partial charge in [-0.05, 0) is 25.0 Å². The number of nitro benzene ring substituents is 1. The average molecular weight is 337 g/mol. The second-order valence-corrected chi connectivity index (χ2v) is 5.38. The summed E-state index contributed by atoms with van der Waals surface area (Å²) in [6, 6.07) is 4.84. The van der Waals surface area contributed by atoms with Crippen LogP contribution in [0.1, 0.15) is 23.2 Å². The van der Waals surface area contributed by atoms with Crippen molar-refractivity contribution in [2.75, 3.05) is 7.11 Å². The van der Waals surface area contributed by atoms with Gasteiger partial charge in [0.05, 0.1) is 29.4 Å². The smallest absolute Gasteiger partial charge is 0.338 e. The van der Waals surface area contributed by atoms with Crippen LogP contribution in [0.3, 0.4) is 0 Å². The van der Waals surface area contributed by atoms with E-state index in [9.17, 15) is 24.5 Å². The molecule has 0 aromatic heterocycles. The number of nitrogens with zero attached hydrogens (tertiary/aromatic N) is 1. The Morgan fingerprint density at radius 2 is 1.75 bits per heavy atom. The normalized spacial score (nSPS) is 22.6. The molecule has 1 saturated carbocycles. The highest BCUT2D eigenvalue weighted by Crippen LogP contribution is 2.35. The first-order chi connectivity index (χ1) is 11.3. The number of methoxy groups -OCH3 is 1. The third-order valence-corrected chi connectivity index (χ3v) is 3.93. The van der Waals surface area contributed by atoms with Gasteiger partial charge in [0.1, 0.15) is 6.10 Å². The van der Waals surface area contributed by atoms with Crippen LogP contribution in [0.15, 0.2) is 24.3 Å². The van der Waals surface area contributed by atoms with Crippen molar-refractivity contribution < 1.29 is 33.9 Å². The fourth-order valence-electron chi connectivity index (χ4n) is 2.71. The molecule has 1 aromatic carbocycles. The van der Waals surface area contributed by atoms with E-state index in [0.29, 0.717) is 0 Å². The zero-order valence-corrected chi connectivity index (χ0v) is 12.7. The third kappa shape index (κ3) is 3.67. The average Bonchev–Trinajstić information content (AvgIpc) is 2.98. The van der Waals surface area contributed by atoms with Gasteiger partial charge in [-0.15, -0.1) is 0 Å². The van der Waals surface area contributed by atoms with Crippen molar-refractivity contribution >= 4 is 23.6 Å². The van der Waals surface area contributed by atoms with Gasteiger partial charge in [-0.2, -0.15) is 0 Å². The molecule has 1 N–H and O–H groups in total. The molecule has 128 valence electrons. The van der Waals surface area contributed by atoms with Crippen LogP contribution in [0, 0.1) is 22.0 Å². The second-order valence-electron chi connectivity index (χ2n) is 5.38. The van der Waals surface area contributed by atoms with E-state index in [1.807, 2.05) is 0 Å². The first kappa shape index (κ1) is 17.4. The minimum atomic E-state index is -1.15. The van der Waals surface area contributed by atoms with Gasteiger partial charge in [0.25, 0.3) is 5.69 Å². The van der Waals surface area contributed by atoms with Crippen LogP contribution in [0.5, 0.6) is 0 Å². The SMILES string of the molecule is COC(=O)[C@@H]1C[C@H](OC(=O)c2ccc([N+](=O)[O-])cc2)C[C@H]1C(=O)O. The largest absolute Gasteiger partial charge is 0.481 e. The number of hydrogen-bond acceptors (Lipinski definition) is 7. The third-order valence-electron chi connectivity index (χ3n) is 3.93. The molecule has 0 amide bonds. The van der Waals surface area contributed by atoms with E-state index in [0.717, 1.165) is 7.11 Å². The van der Waals surface area contributed by atoms with Crippen LogP contribution in [0.25, 0.3) is 0 Å². The number of esters is 2. The fourth-order valence-corrected chi connectivity index (χ4v) is 2.71. The summed E-state index contributed by atoms with van der Waals surface area (Å²) < 4.78 is 9.80. The minimum absolute atomic E-state index is 0.00776. The van der Waals surface area contributed by atoms with Gasteiger partial charge < -0.3 is 14.6 Å². The zero-order valence-electron chi connectivity index (χ0n) is 12.7. The zero-order chi connectivity index (χ0) is 17.9. The number of carboxylic acid groups (broad SMARTS) is 1. The van der Waals surface area contributed by atoms with Crippen LogP contribution >= 0.6 is 0 Å². The number of benzene rings is 1. The van der Waals surface area contributed by atoms with Crippen molar-refractivity contribution in [2.45, 2.75) is 18.9 Å². The van der Waals surface area contributed by atoms with Gasteiger partial charge in [-0.3, -0.25) is 19.7 Å². The van der Waals surface area contributed by atoms with E-state index >= 15 is 0 Å². The van der Waals surface area contributed by atoms with Crippen molar-refractivity contribution in [2.24, 2.45) is 11.8 Å². The first-order valence-electron chi connectivity index (χ1n) is 7.09. The molecule has 24 heavy (non-hydrogen) atoms. The van der Waals surface area contributed by atoms with Crippen molar-refractivity contribution in [3.63, 3.8) is 0 Å². The molecule has 0 heterocycles. The molecular weight excluding hydrogens is 322 g/mol. The summed E-state index contributed by atoms with van der Waals surface area (Å²) in [5, 5.41) is 19.7. The van der Waals surface area contributed by atoms with E-state index in [2.05, 4.69) is 4.74 Å². The Kier molecular flexibility index (Phi) is 5.12. The van der Waals surface area contributed by atoms with Crippen molar-refractivity contribution in [3.8, 4) is 0 Å². The number of ether oxygens (including phenoxy) is 2. The molecule has 0 spiro atoms. The monoisotopic (exact) mass is 337 g/mol. The van der Waals surface area contributed by atoms with Gasteiger partial charge in [0, 0.05) is 12.1 Å². The summed E-state index contributed by atoms with van der Waals surface area (Å²) >= 11 is 0. The number of hydrogen-bond donors (Lipinski definition) is 1. The predicted molar refractivity (Wildman–Crippen MR) is 78.2 cm³/mol. The molecule has 9 heteroatoms. The Balaban J connectivity index is 2.05. The molecule has 0 saturated heterocycles. The Bertz CT molecular complexity index is 669. The lowest BCUT2D eigenvalue weighted by atomic mass is 9.97. The lowest BCUT2D eigenvalue weighted by Gasteiger charge is -2.12. The Labute approximate surface area is 136 Å². The summed E-state index contributed by atoms with van der Waals surface area (Å²) in [4.78, 5) is 44.9. The van der Waals surface area contributed by atoms with E-state index in [4.69, 9.17) is 9.84 Å². The summed E-state index contributed by atoms with van der Waals surface area (Å²) in [6.45, 7) is 0. The quantitative estimate of drug-likeness (QED) is 0.484. The highest BCUT2D eigenvalue weighted by molar-refractivity contribution is 5.90. The molecule has 1 aliphatic carbocycles. The second kappa shape index (κ2) is 7.07. The first-order valence-corrected chi connectivity index (χ1v) is 7.09. The van der Waals surface area contributed by atoms with Crippen LogP contribution in [-0.2, 0) is 19.1 Å². The van der Waals surface area contributed by atoms with Crippen LogP contribution in [-0.4, -0.2) is 41.2 Å². The van der Waals surface area contributed by atoms with Crippen LogP contribution in [0.4, 0.5) is 5.69 Å². The topological polar surface area (TPSA) is 133 Å². The molecular formula is C15H15NO8. The number of rotatable bonds is 5. The molecule has 0 aliphatic heterocycles. The molecule has 0 unspecified atom stereocenters. The molecule has 2 rings (SSSR count). The van der Waals surface area contributed by atoms with Gasteiger partial charge in [0.15, 0.2) is 0 Å². The Morgan fingerprint density at radius 1 is 1.17 bits per heavy atom. The van der Waals surface area contributed by atoms with Crippen molar-refractivity contribution in [1.82, 2.24) is 0 Å². The molecule has 9 nitrogen and oxygen atoms in total. The molecule has 1 fully saturated rings. The number of carbonyl (C=O) groups is 3. The van der Waals surface area contributed by atoms with Crippen LogP contribution < -0.4 is 0 Å². The molecule has 1 aliphatic rings. The van der Waals surface area contributed by atoms with Crippen molar-refractivity contribution in [1.29, 1.82) is 0 Å². The summed E-state index contributed by atoms with van der Waals surface area (Å²) in [5.74, 6) is -4.39. The summed E-state index contributed by atoms with van der Waals surface area (Å²) in [7, 11) is 1.16. The number of carboxylic acids is 1. The highest BCUT2D eigenvalue weighted by Gasteiger charge is 2.45. The van der Waals surface area contributed by atoms with E-state index in [1.165, 1.54) is 24.3 Å². The molecule has 1 aromatic rings. The van der Waals surface area contributed by atoms with E-state index in [-0.39, 0.29) is 24.1 Å². The number of non-ortho nitro benzene ring substituents is 1. The lowest BCUT2D eigenvalue weighted by molar-refractivity contribution is -0.384. The van der Waals surface area contributed by atoms with E-state index < -0.39 is 40.8 Å². The fraction of sp³-hybridized carbons (Fsp3) is 0.400. The highest BCUT2D eigenvalue weighted by atomic mass is 16.6.